The number of pyridine rings is 1. The van der Waals surface area contributed by atoms with Crippen molar-refractivity contribution in [3.63, 3.8) is 0 Å². The summed E-state index contributed by atoms with van der Waals surface area (Å²) in [5.74, 6) is 0.625. The Morgan fingerprint density at radius 2 is 2.29 bits per heavy atom. The molecule has 3 aromatic rings. The first-order valence-electron chi connectivity index (χ1n) is 8.55. The Balaban J connectivity index is 1.80. The van der Waals surface area contributed by atoms with Crippen molar-refractivity contribution in [2.24, 2.45) is 0 Å². The summed E-state index contributed by atoms with van der Waals surface area (Å²) >= 11 is 1.36. The van der Waals surface area contributed by atoms with Crippen LogP contribution in [0.1, 0.15) is 20.9 Å². The van der Waals surface area contributed by atoms with E-state index in [9.17, 15) is 10.1 Å². The van der Waals surface area contributed by atoms with Gasteiger partial charge in [0.15, 0.2) is 5.16 Å². The van der Waals surface area contributed by atoms with Gasteiger partial charge in [-0.05, 0) is 26.0 Å². The molecule has 124 valence electrons. The van der Waals surface area contributed by atoms with Crippen molar-refractivity contribution in [2.45, 2.75) is 24.8 Å². The molecule has 0 spiro atoms. The van der Waals surface area contributed by atoms with Crippen LogP contribution in [0, 0.1) is 24.0 Å². The number of ether oxygens (including phenoxy) is 1. The van der Waals surface area contributed by atoms with E-state index >= 15 is 0 Å². The smallest absolute Gasteiger partial charge is 0.278 e. The number of aryl methyl sites for hydroxylation is 1. The molecule has 2 aromatic heterocycles. The summed E-state index contributed by atoms with van der Waals surface area (Å²) < 4.78 is 26.3. The van der Waals surface area contributed by atoms with Crippen LogP contribution in [0.2, 0.25) is 0 Å². The minimum atomic E-state index is -2.52. The minimum Gasteiger partial charge on any atom is -0.497 e. The van der Waals surface area contributed by atoms with E-state index in [1.54, 1.807) is 32.0 Å². The summed E-state index contributed by atoms with van der Waals surface area (Å²) in [6.45, 7) is 3.35. The Kier molecular flexibility index (Phi) is 3.45. The Morgan fingerprint density at radius 3 is 3.04 bits per heavy atom. The summed E-state index contributed by atoms with van der Waals surface area (Å²) in [6, 6.07) is 4.77. The summed E-state index contributed by atoms with van der Waals surface area (Å²) in [5.41, 5.74) is 3.06. The maximum atomic E-state index is 11.2. The van der Waals surface area contributed by atoms with Crippen LogP contribution in [-0.4, -0.2) is 26.9 Å². The SMILES string of the molecule is [2H]C([2H])([2H])Oc1ccc2nc(SCc3ncc(C)c([N+](=O)[O-])c3C)[nH]c2c1. The number of imidazole rings is 1. The lowest BCUT2D eigenvalue weighted by atomic mass is 10.1. The zero-order chi connectivity index (χ0) is 19.8. The van der Waals surface area contributed by atoms with E-state index in [1.807, 2.05) is 0 Å². The number of hydrogen-bond donors (Lipinski definition) is 1. The van der Waals surface area contributed by atoms with Crippen LogP contribution in [0.15, 0.2) is 29.6 Å². The molecule has 0 saturated carbocycles. The van der Waals surface area contributed by atoms with E-state index < -0.39 is 12.0 Å². The highest BCUT2D eigenvalue weighted by molar-refractivity contribution is 7.98. The van der Waals surface area contributed by atoms with Gasteiger partial charge in [0.2, 0.25) is 0 Å². The fraction of sp³-hybridized carbons (Fsp3) is 0.250. The molecule has 3 rings (SSSR count). The fourth-order valence-corrected chi connectivity index (χ4v) is 3.33. The topological polar surface area (TPSA) is 93.9 Å². The predicted octanol–water partition coefficient (Wildman–Crippen LogP) is 3.78. The van der Waals surface area contributed by atoms with Crippen molar-refractivity contribution >= 4 is 28.5 Å². The molecule has 0 saturated heterocycles. The van der Waals surface area contributed by atoms with Crippen molar-refractivity contribution < 1.29 is 13.8 Å². The zero-order valence-corrected chi connectivity index (χ0v) is 13.8. The van der Waals surface area contributed by atoms with Crippen molar-refractivity contribution in [2.75, 3.05) is 7.04 Å². The van der Waals surface area contributed by atoms with E-state index in [0.717, 1.165) is 0 Å². The van der Waals surface area contributed by atoms with Crippen molar-refractivity contribution in [3.05, 3.63) is 51.3 Å². The number of nitrogens with one attached hydrogen (secondary N) is 1. The van der Waals surface area contributed by atoms with Crippen LogP contribution in [-0.2, 0) is 5.75 Å². The highest BCUT2D eigenvalue weighted by Crippen LogP contribution is 2.29. The monoisotopic (exact) mass is 347 g/mol. The van der Waals surface area contributed by atoms with Gasteiger partial charge in [0, 0.05) is 29.1 Å². The Labute approximate surface area is 146 Å². The van der Waals surface area contributed by atoms with Gasteiger partial charge in [0.1, 0.15) is 5.75 Å². The average Bonchev–Trinajstić information content (AvgIpc) is 2.94. The molecule has 7 nitrogen and oxygen atoms in total. The van der Waals surface area contributed by atoms with Crippen molar-refractivity contribution in [3.8, 4) is 5.75 Å². The van der Waals surface area contributed by atoms with E-state index in [2.05, 4.69) is 15.0 Å². The largest absolute Gasteiger partial charge is 0.497 e. The van der Waals surface area contributed by atoms with E-state index in [0.29, 0.717) is 38.8 Å². The molecule has 0 fully saturated rings. The molecule has 24 heavy (non-hydrogen) atoms. The summed E-state index contributed by atoms with van der Waals surface area (Å²) in [7, 11) is -2.52. The van der Waals surface area contributed by atoms with Gasteiger partial charge < -0.3 is 9.72 Å². The second-order valence-electron chi connectivity index (χ2n) is 5.23. The summed E-state index contributed by atoms with van der Waals surface area (Å²) in [5, 5.41) is 11.8. The quantitative estimate of drug-likeness (QED) is 0.429. The van der Waals surface area contributed by atoms with Gasteiger partial charge in [-0.2, -0.15) is 0 Å². The highest BCUT2D eigenvalue weighted by atomic mass is 32.2. The van der Waals surface area contributed by atoms with Gasteiger partial charge in [-0.3, -0.25) is 15.1 Å². The Bertz CT molecular complexity index is 1020. The molecule has 0 aliphatic carbocycles. The van der Waals surface area contributed by atoms with Gasteiger partial charge in [-0.25, -0.2) is 4.98 Å². The van der Waals surface area contributed by atoms with E-state index in [4.69, 9.17) is 8.85 Å². The molecule has 0 bridgehead atoms. The molecule has 0 amide bonds. The number of aromatic amines is 1. The molecule has 2 heterocycles. The molecule has 0 aliphatic rings. The first-order chi connectivity index (χ1) is 12.6. The summed E-state index contributed by atoms with van der Waals surface area (Å²) in [6.07, 6.45) is 1.50. The average molecular weight is 347 g/mol. The molecular weight excluding hydrogens is 328 g/mol. The molecule has 1 N–H and O–H groups in total. The van der Waals surface area contributed by atoms with Crippen molar-refractivity contribution in [1.29, 1.82) is 0 Å². The molecule has 0 atom stereocenters. The van der Waals surface area contributed by atoms with Crippen LogP contribution < -0.4 is 4.74 Å². The lowest BCUT2D eigenvalue weighted by Gasteiger charge is -2.06. The van der Waals surface area contributed by atoms with Gasteiger partial charge in [-0.15, -0.1) is 0 Å². The van der Waals surface area contributed by atoms with Crippen LogP contribution >= 0.6 is 11.8 Å². The van der Waals surface area contributed by atoms with E-state index in [1.165, 1.54) is 18.0 Å². The van der Waals surface area contributed by atoms with Crippen LogP contribution in [0.5, 0.6) is 5.75 Å². The lowest BCUT2D eigenvalue weighted by Crippen LogP contribution is -2.01. The number of H-pyrrole nitrogens is 1. The Hall–Kier alpha value is -2.61. The maximum absolute atomic E-state index is 11.2. The number of rotatable bonds is 5. The Morgan fingerprint density at radius 1 is 1.46 bits per heavy atom. The standard InChI is InChI=1S/C16H16N4O3S/c1-9-7-17-14(10(2)15(9)20(21)22)8-24-16-18-12-5-4-11(23-3)6-13(12)19-16/h4-7H,8H2,1-3H3,(H,18,19)/i3D3. The number of nitro groups is 1. The second kappa shape index (κ2) is 6.48. The molecule has 0 radical (unpaired) electrons. The molecule has 0 aliphatic heterocycles. The number of thioether (sulfide) groups is 1. The molecule has 8 heteroatoms. The first kappa shape index (κ1) is 12.8. The zero-order valence-electron chi connectivity index (χ0n) is 16.0. The highest BCUT2D eigenvalue weighted by Gasteiger charge is 2.19. The first-order valence-corrected chi connectivity index (χ1v) is 8.03. The third-order valence-electron chi connectivity index (χ3n) is 3.65. The third-order valence-corrected chi connectivity index (χ3v) is 4.54. The summed E-state index contributed by atoms with van der Waals surface area (Å²) in [4.78, 5) is 22.6. The lowest BCUT2D eigenvalue weighted by molar-refractivity contribution is -0.386. The molecular formula is C16H16N4O3S. The number of hydrogen-bond acceptors (Lipinski definition) is 6. The second-order valence-corrected chi connectivity index (χ2v) is 6.19. The number of nitrogens with zero attached hydrogens (tertiary/aromatic N) is 3. The van der Waals surface area contributed by atoms with Gasteiger partial charge >= 0.3 is 0 Å². The number of benzene rings is 1. The third kappa shape index (κ3) is 3.05. The van der Waals surface area contributed by atoms with Gasteiger partial charge in [0.25, 0.3) is 5.69 Å². The van der Waals surface area contributed by atoms with Crippen molar-refractivity contribution in [1.82, 2.24) is 15.0 Å². The molecule has 1 aromatic carbocycles. The number of methoxy groups -OCH3 is 1. The maximum Gasteiger partial charge on any atom is 0.278 e. The minimum absolute atomic E-state index is 0.0802. The number of aromatic nitrogens is 3. The number of fused-ring (bicyclic) bond motifs is 1. The normalized spacial score (nSPS) is 13.3. The fourth-order valence-electron chi connectivity index (χ4n) is 2.43. The van der Waals surface area contributed by atoms with Crippen LogP contribution in [0.4, 0.5) is 5.69 Å². The van der Waals surface area contributed by atoms with Crippen LogP contribution in [0.25, 0.3) is 11.0 Å². The predicted molar refractivity (Wildman–Crippen MR) is 92.6 cm³/mol. The van der Waals surface area contributed by atoms with Gasteiger partial charge in [-0.1, -0.05) is 11.8 Å². The van der Waals surface area contributed by atoms with Gasteiger partial charge in [0.05, 0.1) is 32.8 Å². The van der Waals surface area contributed by atoms with E-state index in [-0.39, 0.29) is 11.4 Å². The molecule has 0 unspecified atom stereocenters. The van der Waals surface area contributed by atoms with Crippen LogP contribution in [0.3, 0.4) is 0 Å².